The summed E-state index contributed by atoms with van der Waals surface area (Å²) in [6, 6.07) is 10.1. The average Bonchev–Trinajstić information content (AvgIpc) is 2.37. The molecule has 0 bridgehead atoms. The highest BCUT2D eigenvalue weighted by Gasteiger charge is 2.34. The Hall–Kier alpha value is -1.07. The van der Waals surface area contributed by atoms with Crippen molar-refractivity contribution >= 4 is 27.5 Å². The molecule has 0 aromatic heterocycles. The molecule has 0 nitrogen and oxygen atoms in total. The van der Waals surface area contributed by atoms with Gasteiger partial charge >= 0.3 is 6.18 Å². The first kappa shape index (κ1) is 16.3. The van der Waals surface area contributed by atoms with E-state index >= 15 is 0 Å². The molecule has 0 radical (unpaired) electrons. The smallest absolute Gasteiger partial charge is 0.206 e. The minimum Gasteiger partial charge on any atom is -0.206 e. The Morgan fingerprint density at radius 1 is 1.10 bits per heavy atom. The molecule has 0 aliphatic rings. The van der Waals surface area contributed by atoms with Crippen molar-refractivity contribution in [3.63, 3.8) is 0 Å². The van der Waals surface area contributed by atoms with Gasteiger partial charge in [0.05, 0.1) is 5.56 Å². The van der Waals surface area contributed by atoms with Crippen molar-refractivity contribution in [2.75, 3.05) is 0 Å². The first-order chi connectivity index (χ1) is 9.77. The van der Waals surface area contributed by atoms with Crippen molar-refractivity contribution in [3.8, 4) is 0 Å². The van der Waals surface area contributed by atoms with Crippen molar-refractivity contribution in [2.24, 2.45) is 0 Å². The second-order valence-electron chi connectivity index (χ2n) is 4.54. The number of hydrogen-bond donors (Lipinski definition) is 0. The fourth-order valence-electron chi connectivity index (χ4n) is 1.94. The Bertz CT molecular complexity index is 640. The molecule has 0 aliphatic carbocycles. The molecule has 0 spiro atoms. The van der Waals surface area contributed by atoms with E-state index in [0.717, 1.165) is 17.7 Å². The van der Waals surface area contributed by atoms with Gasteiger partial charge in [-0.1, -0.05) is 45.7 Å². The van der Waals surface area contributed by atoms with E-state index in [1.807, 2.05) is 6.07 Å². The topological polar surface area (TPSA) is 0 Å². The summed E-state index contributed by atoms with van der Waals surface area (Å²) in [4.78, 5) is -0.363. The quantitative estimate of drug-likeness (QED) is 0.440. The molecule has 0 heterocycles. The molecule has 0 amide bonds. The first-order valence-electron chi connectivity index (χ1n) is 6.02. The fourth-order valence-corrected chi connectivity index (χ4v) is 2.82. The van der Waals surface area contributed by atoms with E-state index in [-0.39, 0.29) is 4.83 Å². The van der Waals surface area contributed by atoms with Crippen LogP contribution in [0.4, 0.5) is 17.6 Å². The molecule has 2 aromatic carbocycles. The van der Waals surface area contributed by atoms with E-state index in [4.69, 9.17) is 11.6 Å². The summed E-state index contributed by atoms with van der Waals surface area (Å²) in [5.74, 6) is -1.27. The van der Waals surface area contributed by atoms with E-state index in [9.17, 15) is 17.6 Å². The summed E-state index contributed by atoms with van der Waals surface area (Å²) in [6.07, 6.45) is -4.26. The Morgan fingerprint density at radius 2 is 1.81 bits per heavy atom. The molecule has 0 saturated carbocycles. The van der Waals surface area contributed by atoms with Gasteiger partial charge < -0.3 is 0 Å². The van der Waals surface area contributed by atoms with Crippen LogP contribution in [-0.4, -0.2) is 0 Å². The number of halogens is 6. The largest absolute Gasteiger partial charge is 0.419 e. The molecule has 1 atom stereocenters. The van der Waals surface area contributed by atoms with Crippen LogP contribution in [0.25, 0.3) is 0 Å². The van der Waals surface area contributed by atoms with Crippen LogP contribution in [-0.2, 0) is 12.6 Å². The molecule has 21 heavy (non-hydrogen) atoms. The van der Waals surface area contributed by atoms with E-state index in [1.165, 1.54) is 6.07 Å². The highest BCUT2D eigenvalue weighted by atomic mass is 79.9. The lowest BCUT2D eigenvalue weighted by atomic mass is 10.0. The summed E-state index contributed by atoms with van der Waals surface area (Å²) in [5, 5.41) is 0.558. The van der Waals surface area contributed by atoms with Crippen molar-refractivity contribution in [1.29, 1.82) is 0 Å². The molecule has 6 heteroatoms. The minimum absolute atomic E-state index is 0.363. The second-order valence-corrected chi connectivity index (χ2v) is 6.08. The number of rotatable bonds is 3. The molecule has 112 valence electrons. The van der Waals surface area contributed by atoms with Gasteiger partial charge in [-0.25, -0.2) is 4.39 Å². The van der Waals surface area contributed by atoms with Crippen LogP contribution >= 0.6 is 27.5 Å². The van der Waals surface area contributed by atoms with Crippen molar-refractivity contribution < 1.29 is 17.6 Å². The van der Waals surface area contributed by atoms with Crippen molar-refractivity contribution in [3.05, 3.63) is 70.0 Å². The molecule has 0 N–H and O–H groups in total. The zero-order valence-electron chi connectivity index (χ0n) is 10.6. The summed E-state index contributed by atoms with van der Waals surface area (Å²) >= 11 is 9.21. The lowest BCUT2D eigenvalue weighted by Crippen LogP contribution is -2.09. The van der Waals surface area contributed by atoms with Gasteiger partial charge in [-0.2, -0.15) is 13.2 Å². The maximum Gasteiger partial charge on any atom is 0.419 e. The Labute approximate surface area is 132 Å². The van der Waals surface area contributed by atoms with Gasteiger partial charge in [-0.15, -0.1) is 0 Å². The number of benzene rings is 2. The molecule has 0 aliphatic heterocycles. The van der Waals surface area contributed by atoms with Gasteiger partial charge in [0.25, 0.3) is 0 Å². The maximum atomic E-state index is 13.3. The molecule has 2 aromatic rings. The van der Waals surface area contributed by atoms with Gasteiger partial charge in [-0.05, 0) is 41.8 Å². The van der Waals surface area contributed by atoms with E-state index in [1.54, 1.807) is 18.2 Å². The fraction of sp³-hybridized carbons (Fsp3) is 0.200. The number of hydrogen-bond acceptors (Lipinski definition) is 0. The van der Waals surface area contributed by atoms with E-state index < -0.39 is 17.6 Å². The van der Waals surface area contributed by atoms with E-state index in [2.05, 4.69) is 15.9 Å². The van der Waals surface area contributed by atoms with Gasteiger partial charge in [-0.3, -0.25) is 0 Å². The first-order valence-corrected chi connectivity index (χ1v) is 7.32. The standard InChI is InChI=1S/C15H10BrClF4/c16-13(7-9-2-1-3-11(17)6-9)10-4-5-14(18)12(8-10)15(19,20)21/h1-6,8,13H,7H2. The monoisotopic (exact) mass is 380 g/mol. The third kappa shape index (κ3) is 4.20. The summed E-state index contributed by atoms with van der Waals surface area (Å²) in [5.41, 5.74) is -0.0125. The molecule has 2 rings (SSSR count). The SMILES string of the molecule is Fc1ccc(C(Br)Cc2cccc(Cl)c2)cc1C(F)(F)F. The normalized spacial score (nSPS) is 13.2. The van der Waals surface area contributed by atoms with Crippen LogP contribution in [0.1, 0.15) is 21.5 Å². The predicted molar refractivity (Wildman–Crippen MR) is 78.2 cm³/mol. The molecular weight excluding hydrogens is 372 g/mol. The lowest BCUT2D eigenvalue weighted by molar-refractivity contribution is -0.140. The zero-order chi connectivity index (χ0) is 15.6. The van der Waals surface area contributed by atoms with Gasteiger partial charge in [0, 0.05) is 9.85 Å². The van der Waals surface area contributed by atoms with Crippen LogP contribution < -0.4 is 0 Å². The Balaban J connectivity index is 2.25. The van der Waals surface area contributed by atoms with Crippen LogP contribution in [0.2, 0.25) is 5.02 Å². The molecular formula is C15H10BrClF4. The zero-order valence-corrected chi connectivity index (χ0v) is 12.9. The predicted octanol–water partition coefficient (Wildman–Crippen LogP) is 6.18. The van der Waals surface area contributed by atoms with Gasteiger partial charge in [0.1, 0.15) is 5.82 Å². The maximum absolute atomic E-state index is 13.3. The average molecular weight is 382 g/mol. The van der Waals surface area contributed by atoms with Crippen LogP contribution in [0, 0.1) is 5.82 Å². The van der Waals surface area contributed by atoms with Crippen LogP contribution in [0.5, 0.6) is 0 Å². The van der Waals surface area contributed by atoms with Gasteiger partial charge in [0.2, 0.25) is 0 Å². The second kappa shape index (κ2) is 6.36. The summed E-state index contributed by atoms with van der Waals surface area (Å²) in [6.45, 7) is 0. The van der Waals surface area contributed by atoms with Crippen molar-refractivity contribution in [1.82, 2.24) is 0 Å². The van der Waals surface area contributed by atoms with Crippen molar-refractivity contribution in [2.45, 2.75) is 17.4 Å². The van der Waals surface area contributed by atoms with Gasteiger partial charge in [0.15, 0.2) is 0 Å². The minimum atomic E-state index is -4.71. The summed E-state index contributed by atoms with van der Waals surface area (Å²) in [7, 11) is 0. The van der Waals surface area contributed by atoms with Crippen LogP contribution in [0.3, 0.4) is 0 Å². The number of alkyl halides is 4. The highest BCUT2D eigenvalue weighted by molar-refractivity contribution is 9.09. The molecule has 0 fully saturated rings. The van der Waals surface area contributed by atoms with E-state index in [0.29, 0.717) is 17.0 Å². The molecule has 0 saturated heterocycles. The van der Waals surface area contributed by atoms with Crippen LogP contribution in [0.15, 0.2) is 42.5 Å². The third-order valence-corrected chi connectivity index (χ3v) is 4.05. The molecule has 1 unspecified atom stereocenters. The lowest BCUT2D eigenvalue weighted by Gasteiger charge is -2.14. The summed E-state index contributed by atoms with van der Waals surface area (Å²) < 4.78 is 51.4. The third-order valence-electron chi connectivity index (χ3n) is 2.96. The highest BCUT2D eigenvalue weighted by Crippen LogP contribution is 2.35. The Morgan fingerprint density at radius 3 is 2.43 bits per heavy atom. The Kier molecular flexibility index (Phi) is 4.94.